The number of halogens is 3. The van der Waals surface area contributed by atoms with E-state index in [1.165, 1.54) is 11.6 Å². The first kappa shape index (κ1) is 13.9. The van der Waals surface area contributed by atoms with Gasteiger partial charge in [-0.3, -0.25) is 0 Å². The fourth-order valence-electron chi connectivity index (χ4n) is 2.64. The Morgan fingerprint density at radius 2 is 1.85 bits per heavy atom. The summed E-state index contributed by atoms with van der Waals surface area (Å²) in [6.07, 6.45) is 1.99. The zero-order valence-electron chi connectivity index (χ0n) is 10.7. The summed E-state index contributed by atoms with van der Waals surface area (Å²) < 4.78 is 14.8. The fourth-order valence-corrected chi connectivity index (χ4v) is 3.46. The van der Waals surface area contributed by atoms with E-state index in [2.05, 4.69) is 39.4 Å². The molecule has 4 heteroatoms. The lowest BCUT2D eigenvalue weighted by Gasteiger charge is -2.37. The molecule has 2 aromatic carbocycles. The van der Waals surface area contributed by atoms with Crippen LogP contribution in [0.4, 0.5) is 10.1 Å². The van der Waals surface area contributed by atoms with Crippen molar-refractivity contribution in [3.05, 3.63) is 63.3 Å². The maximum absolute atomic E-state index is 13.7. The first-order valence-corrected chi connectivity index (χ1v) is 7.77. The van der Waals surface area contributed by atoms with Crippen LogP contribution in [0.2, 0.25) is 5.02 Å². The van der Waals surface area contributed by atoms with Gasteiger partial charge in [0, 0.05) is 10.5 Å². The summed E-state index contributed by atoms with van der Waals surface area (Å²) in [5, 5.41) is 3.65. The summed E-state index contributed by atoms with van der Waals surface area (Å²) in [5.41, 5.74) is 1.75. The van der Waals surface area contributed by atoms with E-state index in [1.807, 2.05) is 6.07 Å². The molecular weight excluding hydrogens is 341 g/mol. The van der Waals surface area contributed by atoms with Gasteiger partial charge in [-0.25, -0.2) is 4.39 Å². The number of anilines is 1. The van der Waals surface area contributed by atoms with E-state index in [0.29, 0.717) is 16.6 Å². The second-order valence-corrected chi connectivity index (χ2v) is 6.39. The molecule has 0 unspecified atom stereocenters. The Bertz CT molecular complexity index is 605. The van der Waals surface area contributed by atoms with Crippen molar-refractivity contribution in [2.24, 2.45) is 0 Å². The minimum absolute atomic E-state index is 0.279. The van der Waals surface area contributed by atoms with Gasteiger partial charge in [0.1, 0.15) is 5.82 Å². The molecule has 1 N–H and O–H groups in total. The van der Waals surface area contributed by atoms with Crippen molar-refractivity contribution in [3.63, 3.8) is 0 Å². The van der Waals surface area contributed by atoms with Gasteiger partial charge < -0.3 is 5.32 Å². The third-order valence-corrected chi connectivity index (χ3v) is 4.83. The second kappa shape index (κ2) is 5.74. The van der Waals surface area contributed by atoms with Crippen molar-refractivity contribution in [1.29, 1.82) is 0 Å². The molecule has 0 radical (unpaired) electrons. The van der Waals surface area contributed by atoms with E-state index < -0.39 is 0 Å². The zero-order chi connectivity index (χ0) is 14.1. The lowest BCUT2D eigenvalue weighted by molar-refractivity contribution is 0.372. The van der Waals surface area contributed by atoms with Gasteiger partial charge in [0.05, 0.1) is 10.7 Å². The Morgan fingerprint density at radius 3 is 2.55 bits per heavy atom. The predicted molar refractivity (Wildman–Crippen MR) is 84.9 cm³/mol. The van der Waals surface area contributed by atoms with Gasteiger partial charge in [0.2, 0.25) is 0 Å². The molecule has 1 fully saturated rings. The van der Waals surface area contributed by atoms with Gasteiger partial charge in [0.15, 0.2) is 0 Å². The molecule has 104 valence electrons. The van der Waals surface area contributed by atoms with Crippen LogP contribution in [-0.2, 0) is 0 Å². The molecule has 2 aromatic rings. The van der Waals surface area contributed by atoms with Crippen LogP contribution in [0.3, 0.4) is 0 Å². The topological polar surface area (TPSA) is 12.0 Å². The van der Waals surface area contributed by atoms with E-state index in [4.69, 9.17) is 11.6 Å². The molecule has 0 amide bonds. The molecule has 0 heterocycles. The summed E-state index contributed by atoms with van der Waals surface area (Å²) >= 11 is 9.60. The summed E-state index contributed by atoms with van der Waals surface area (Å²) in [7, 11) is 0. The Labute approximate surface area is 131 Å². The monoisotopic (exact) mass is 353 g/mol. The van der Waals surface area contributed by atoms with E-state index in [-0.39, 0.29) is 11.9 Å². The minimum Gasteiger partial charge on any atom is -0.379 e. The molecule has 20 heavy (non-hydrogen) atoms. The third kappa shape index (κ3) is 2.70. The van der Waals surface area contributed by atoms with Gasteiger partial charge in [-0.15, -0.1) is 0 Å². The minimum atomic E-state index is -0.290. The summed E-state index contributed by atoms with van der Waals surface area (Å²) in [6.45, 7) is 0. The molecule has 1 aliphatic carbocycles. The number of nitrogens with one attached hydrogen (secondary N) is 1. The van der Waals surface area contributed by atoms with E-state index in [9.17, 15) is 4.39 Å². The quantitative estimate of drug-likeness (QED) is 0.756. The summed E-state index contributed by atoms with van der Waals surface area (Å²) in [4.78, 5) is 0. The van der Waals surface area contributed by atoms with Crippen LogP contribution < -0.4 is 5.32 Å². The highest BCUT2D eigenvalue weighted by Gasteiger charge is 2.32. The molecular formula is C16H14BrClFN. The Balaban J connectivity index is 1.66. The first-order chi connectivity index (χ1) is 9.65. The molecule has 3 rings (SSSR count). The fraction of sp³-hybridized carbons (Fsp3) is 0.250. The molecule has 1 aliphatic rings. The first-order valence-electron chi connectivity index (χ1n) is 6.60. The highest BCUT2D eigenvalue weighted by molar-refractivity contribution is 9.10. The molecule has 0 bridgehead atoms. The van der Waals surface area contributed by atoms with Crippen LogP contribution in [0.15, 0.2) is 46.9 Å². The van der Waals surface area contributed by atoms with Crippen molar-refractivity contribution in [3.8, 4) is 0 Å². The zero-order valence-corrected chi connectivity index (χ0v) is 13.1. The third-order valence-electron chi connectivity index (χ3n) is 3.79. The van der Waals surface area contributed by atoms with Crippen LogP contribution in [-0.4, -0.2) is 6.04 Å². The standard InChI is InChI=1S/C16H14BrClFN/c17-13-5-2-1-4-12(13)10-8-11(9-10)20-16-14(18)6-3-7-15(16)19/h1-7,10-11,20H,8-9H2. The van der Waals surface area contributed by atoms with Gasteiger partial charge in [-0.05, 0) is 42.5 Å². The Kier molecular flexibility index (Phi) is 3.99. The van der Waals surface area contributed by atoms with E-state index >= 15 is 0 Å². The SMILES string of the molecule is Fc1cccc(Cl)c1NC1CC(c2ccccc2Br)C1. The maximum Gasteiger partial charge on any atom is 0.147 e. The maximum atomic E-state index is 13.7. The molecule has 0 atom stereocenters. The smallest absolute Gasteiger partial charge is 0.147 e. The average Bonchev–Trinajstić information content (AvgIpc) is 2.37. The number of para-hydroxylation sites is 1. The molecule has 0 saturated heterocycles. The highest BCUT2D eigenvalue weighted by atomic mass is 79.9. The van der Waals surface area contributed by atoms with Crippen molar-refractivity contribution < 1.29 is 4.39 Å². The number of hydrogen-bond acceptors (Lipinski definition) is 1. The number of rotatable bonds is 3. The van der Waals surface area contributed by atoms with Crippen LogP contribution >= 0.6 is 27.5 Å². The average molecular weight is 355 g/mol. The number of benzene rings is 2. The van der Waals surface area contributed by atoms with E-state index in [1.54, 1.807) is 12.1 Å². The van der Waals surface area contributed by atoms with Crippen LogP contribution in [0, 0.1) is 5.82 Å². The largest absolute Gasteiger partial charge is 0.379 e. The predicted octanol–water partition coefficient (Wildman–Crippen LogP) is 5.60. The van der Waals surface area contributed by atoms with Gasteiger partial charge in [-0.1, -0.05) is 51.8 Å². The van der Waals surface area contributed by atoms with Crippen molar-refractivity contribution in [1.82, 2.24) is 0 Å². The molecule has 1 nitrogen and oxygen atoms in total. The van der Waals surface area contributed by atoms with Crippen molar-refractivity contribution in [2.75, 3.05) is 5.32 Å². The van der Waals surface area contributed by atoms with Crippen molar-refractivity contribution in [2.45, 2.75) is 24.8 Å². The van der Waals surface area contributed by atoms with Crippen LogP contribution in [0.1, 0.15) is 24.3 Å². The summed E-state index contributed by atoms with van der Waals surface area (Å²) in [6, 6.07) is 13.3. The van der Waals surface area contributed by atoms with Crippen molar-refractivity contribution >= 4 is 33.2 Å². The normalized spacial score (nSPS) is 21.4. The highest BCUT2D eigenvalue weighted by Crippen LogP contribution is 2.42. The lowest BCUT2D eigenvalue weighted by atomic mass is 9.76. The Morgan fingerprint density at radius 1 is 1.10 bits per heavy atom. The molecule has 0 aliphatic heterocycles. The van der Waals surface area contributed by atoms with Gasteiger partial charge in [-0.2, -0.15) is 0 Å². The lowest BCUT2D eigenvalue weighted by Crippen LogP contribution is -2.34. The second-order valence-electron chi connectivity index (χ2n) is 5.13. The van der Waals surface area contributed by atoms with Gasteiger partial charge in [0.25, 0.3) is 0 Å². The molecule has 1 saturated carbocycles. The molecule has 0 aromatic heterocycles. The van der Waals surface area contributed by atoms with Crippen LogP contribution in [0.25, 0.3) is 0 Å². The van der Waals surface area contributed by atoms with Crippen LogP contribution in [0.5, 0.6) is 0 Å². The molecule has 0 spiro atoms. The Hall–Kier alpha value is -1.06. The number of hydrogen-bond donors (Lipinski definition) is 1. The summed E-state index contributed by atoms with van der Waals surface area (Å²) in [5.74, 6) is 0.232. The van der Waals surface area contributed by atoms with Gasteiger partial charge >= 0.3 is 0 Å². The van der Waals surface area contributed by atoms with E-state index in [0.717, 1.165) is 17.3 Å².